The summed E-state index contributed by atoms with van der Waals surface area (Å²) in [5.41, 5.74) is 2.92. The van der Waals surface area contributed by atoms with Gasteiger partial charge in [0.15, 0.2) is 0 Å². The molecule has 5 rings (SSSR count). The molecule has 4 saturated carbocycles. The average Bonchev–Trinajstić information content (AvgIpc) is 2.72. The van der Waals surface area contributed by atoms with Crippen LogP contribution in [0, 0.1) is 53.3 Å². The highest BCUT2D eigenvalue weighted by atomic mass is 14.7. The van der Waals surface area contributed by atoms with Crippen molar-refractivity contribution in [3.8, 4) is 0 Å². The lowest BCUT2D eigenvalue weighted by molar-refractivity contribution is -0.0585. The molecule has 160 valence electrons. The van der Waals surface area contributed by atoms with Crippen LogP contribution in [0.25, 0.3) is 0 Å². The second kappa shape index (κ2) is 8.35. The van der Waals surface area contributed by atoms with Gasteiger partial charge in [0.1, 0.15) is 0 Å². The SMILES string of the molecule is C=C(CC1C=C(C)C=NC1)[C@H]1CCC[C@H]2[C@@H]3CC[C@@H]4C[C@@H](C)CC[C@@H]4[C@H]3CC[C@@H]21. The largest absolute Gasteiger partial charge is 0.292 e. The van der Waals surface area contributed by atoms with Crippen LogP contribution in [0.15, 0.2) is 28.8 Å². The number of rotatable bonds is 3. The first kappa shape index (κ1) is 20.1. The Balaban J connectivity index is 1.27. The van der Waals surface area contributed by atoms with Gasteiger partial charge in [0.25, 0.3) is 0 Å². The Morgan fingerprint density at radius 2 is 1.66 bits per heavy atom. The molecule has 1 nitrogen and oxygen atoms in total. The molecule has 1 heterocycles. The first-order chi connectivity index (χ1) is 14.1. The molecular weight excluding hydrogens is 350 g/mol. The van der Waals surface area contributed by atoms with Crippen LogP contribution in [-0.2, 0) is 0 Å². The van der Waals surface area contributed by atoms with Crippen LogP contribution in [0.1, 0.15) is 84.5 Å². The fourth-order valence-electron chi connectivity index (χ4n) is 8.87. The van der Waals surface area contributed by atoms with Crippen molar-refractivity contribution < 1.29 is 0 Å². The molecule has 4 fully saturated rings. The van der Waals surface area contributed by atoms with Gasteiger partial charge in [0, 0.05) is 18.7 Å². The Kier molecular flexibility index (Phi) is 5.78. The summed E-state index contributed by atoms with van der Waals surface area (Å²) < 4.78 is 0. The molecule has 0 aromatic rings. The number of allylic oxidation sites excluding steroid dienone is 2. The maximum atomic E-state index is 4.69. The summed E-state index contributed by atoms with van der Waals surface area (Å²) in [6.07, 6.45) is 20.8. The number of dihydropyridines is 1. The van der Waals surface area contributed by atoms with Crippen molar-refractivity contribution in [2.75, 3.05) is 6.54 Å². The lowest BCUT2D eigenvalue weighted by Crippen LogP contribution is -2.48. The summed E-state index contributed by atoms with van der Waals surface area (Å²) in [4.78, 5) is 4.58. The molecule has 5 aliphatic rings. The van der Waals surface area contributed by atoms with Gasteiger partial charge in [-0.2, -0.15) is 0 Å². The van der Waals surface area contributed by atoms with E-state index in [0.29, 0.717) is 5.92 Å². The topological polar surface area (TPSA) is 12.4 Å². The summed E-state index contributed by atoms with van der Waals surface area (Å²) in [5.74, 6) is 8.67. The minimum Gasteiger partial charge on any atom is -0.292 e. The van der Waals surface area contributed by atoms with Crippen molar-refractivity contribution >= 4 is 6.21 Å². The van der Waals surface area contributed by atoms with Gasteiger partial charge in [0.05, 0.1) is 0 Å². The zero-order valence-electron chi connectivity index (χ0n) is 19.0. The van der Waals surface area contributed by atoms with Gasteiger partial charge >= 0.3 is 0 Å². The van der Waals surface area contributed by atoms with Gasteiger partial charge in [0.2, 0.25) is 0 Å². The van der Waals surface area contributed by atoms with Crippen LogP contribution in [0.2, 0.25) is 0 Å². The van der Waals surface area contributed by atoms with Crippen molar-refractivity contribution in [2.24, 2.45) is 58.3 Å². The van der Waals surface area contributed by atoms with E-state index in [9.17, 15) is 0 Å². The molecule has 0 spiro atoms. The van der Waals surface area contributed by atoms with Crippen molar-refractivity contribution in [1.82, 2.24) is 0 Å². The van der Waals surface area contributed by atoms with Crippen molar-refractivity contribution in [3.05, 3.63) is 23.8 Å². The van der Waals surface area contributed by atoms with Crippen LogP contribution in [0.5, 0.6) is 0 Å². The molecule has 0 N–H and O–H groups in total. The van der Waals surface area contributed by atoms with Gasteiger partial charge in [-0.1, -0.05) is 38.0 Å². The molecule has 0 saturated heterocycles. The van der Waals surface area contributed by atoms with Crippen LogP contribution in [0.4, 0.5) is 0 Å². The summed E-state index contributed by atoms with van der Waals surface area (Å²) >= 11 is 0. The monoisotopic (exact) mass is 393 g/mol. The molecule has 0 aromatic heterocycles. The Morgan fingerprint density at radius 3 is 2.52 bits per heavy atom. The first-order valence-corrected chi connectivity index (χ1v) is 13.0. The Hall–Kier alpha value is -0.850. The zero-order chi connectivity index (χ0) is 20.0. The average molecular weight is 394 g/mol. The number of nitrogens with zero attached hydrogens (tertiary/aromatic N) is 1. The lowest BCUT2D eigenvalue weighted by Gasteiger charge is -2.56. The quantitative estimate of drug-likeness (QED) is 0.441. The molecule has 4 aliphatic carbocycles. The molecule has 0 bridgehead atoms. The molecular formula is C28H43N. The normalized spacial score (nSPS) is 46.8. The maximum absolute atomic E-state index is 4.69. The zero-order valence-corrected chi connectivity index (χ0v) is 19.0. The van der Waals surface area contributed by atoms with E-state index in [1.807, 2.05) is 6.21 Å². The summed E-state index contributed by atoms with van der Waals surface area (Å²) in [6.45, 7) is 10.4. The highest BCUT2D eigenvalue weighted by Crippen LogP contribution is 2.59. The van der Waals surface area contributed by atoms with Gasteiger partial charge in [-0.3, -0.25) is 4.99 Å². The third-order valence-electron chi connectivity index (χ3n) is 9.96. The van der Waals surface area contributed by atoms with E-state index in [4.69, 9.17) is 0 Å². The number of fused-ring (bicyclic) bond motifs is 5. The summed E-state index contributed by atoms with van der Waals surface area (Å²) in [5, 5.41) is 0. The fourth-order valence-corrected chi connectivity index (χ4v) is 8.87. The predicted molar refractivity (Wildman–Crippen MR) is 124 cm³/mol. The fraction of sp³-hybridized carbons (Fsp3) is 0.821. The van der Waals surface area contributed by atoms with Crippen molar-refractivity contribution in [3.63, 3.8) is 0 Å². The number of hydrogen-bond donors (Lipinski definition) is 0. The second-order valence-corrected chi connectivity index (χ2v) is 11.7. The number of hydrogen-bond acceptors (Lipinski definition) is 1. The van der Waals surface area contributed by atoms with E-state index < -0.39 is 0 Å². The Labute approximate surface area is 179 Å². The first-order valence-electron chi connectivity index (χ1n) is 13.0. The van der Waals surface area contributed by atoms with Crippen molar-refractivity contribution in [1.29, 1.82) is 0 Å². The highest BCUT2D eigenvalue weighted by Gasteiger charge is 2.50. The molecule has 1 aliphatic heterocycles. The van der Waals surface area contributed by atoms with Crippen LogP contribution in [0.3, 0.4) is 0 Å². The second-order valence-electron chi connectivity index (χ2n) is 11.7. The molecule has 0 amide bonds. The maximum Gasteiger partial charge on any atom is 0.0455 e. The van der Waals surface area contributed by atoms with E-state index >= 15 is 0 Å². The van der Waals surface area contributed by atoms with E-state index in [-0.39, 0.29) is 0 Å². The third kappa shape index (κ3) is 3.92. The highest BCUT2D eigenvalue weighted by molar-refractivity contribution is 5.78. The molecule has 9 atom stereocenters. The van der Waals surface area contributed by atoms with E-state index in [0.717, 1.165) is 53.9 Å². The van der Waals surface area contributed by atoms with Crippen molar-refractivity contribution in [2.45, 2.75) is 84.5 Å². The molecule has 29 heavy (non-hydrogen) atoms. The van der Waals surface area contributed by atoms with Gasteiger partial charge < -0.3 is 0 Å². The molecule has 1 unspecified atom stereocenters. The summed E-state index contributed by atoms with van der Waals surface area (Å²) in [7, 11) is 0. The van der Waals surface area contributed by atoms with E-state index in [1.165, 1.54) is 56.9 Å². The van der Waals surface area contributed by atoms with E-state index in [1.54, 1.807) is 24.8 Å². The van der Waals surface area contributed by atoms with Crippen LogP contribution in [-0.4, -0.2) is 12.8 Å². The smallest absolute Gasteiger partial charge is 0.0455 e. The Morgan fingerprint density at radius 1 is 0.931 bits per heavy atom. The minimum atomic E-state index is 0.601. The standard InChI is InChI=1S/C28H43N/c1-18-7-9-24-22(14-18)8-10-28-25-6-4-5-23(26(25)11-12-27(24)28)20(3)15-21-13-19(2)16-29-17-21/h13,16,18,21-28H,3-12,14-15,17H2,1-2H3/t18-,21?,22+,23+,24-,25+,26+,27+,28-/m0/s1. The van der Waals surface area contributed by atoms with Gasteiger partial charge in [-0.25, -0.2) is 0 Å². The van der Waals surface area contributed by atoms with Gasteiger partial charge in [-0.05, 0) is 118 Å². The molecule has 0 radical (unpaired) electrons. The predicted octanol–water partition coefficient (Wildman–Crippen LogP) is 7.48. The lowest BCUT2D eigenvalue weighted by atomic mass is 9.49. The van der Waals surface area contributed by atoms with Crippen LogP contribution < -0.4 is 0 Å². The third-order valence-corrected chi connectivity index (χ3v) is 9.96. The summed E-state index contributed by atoms with van der Waals surface area (Å²) in [6, 6.07) is 0. The van der Waals surface area contributed by atoms with Crippen LogP contribution >= 0.6 is 0 Å². The van der Waals surface area contributed by atoms with Gasteiger partial charge in [-0.15, -0.1) is 0 Å². The number of aliphatic imine (C=N–C) groups is 1. The molecule has 0 aromatic carbocycles. The van der Waals surface area contributed by atoms with E-state index in [2.05, 4.69) is 31.5 Å². The minimum absolute atomic E-state index is 0.601. The molecule has 1 heteroatoms. The Bertz CT molecular complexity index is 672.